The first-order valence-electron chi connectivity index (χ1n) is 12.1. The van der Waals surface area contributed by atoms with Crippen molar-refractivity contribution in [3.8, 4) is 0 Å². The zero-order valence-corrected chi connectivity index (χ0v) is 20.4. The molecule has 0 amide bonds. The Kier molecular flexibility index (Phi) is 28.2. The normalized spacial score (nSPS) is 12.5. The molecule has 1 atom stereocenters. The van der Waals surface area contributed by atoms with Crippen molar-refractivity contribution in [3.05, 3.63) is 0 Å². The maximum absolute atomic E-state index is 9.95. The summed E-state index contributed by atoms with van der Waals surface area (Å²) in [7, 11) is 0. The smallest absolute Gasteiger partial charge is 0.0773 e. The highest BCUT2D eigenvalue weighted by Gasteiger charge is 2.04. The van der Waals surface area contributed by atoms with Gasteiger partial charge >= 0.3 is 0 Å². The third-order valence-corrected chi connectivity index (χ3v) is 5.05. The van der Waals surface area contributed by atoms with Crippen LogP contribution in [0.4, 0.5) is 0 Å². The average molecular weight is 469 g/mol. The molecule has 0 aliphatic heterocycles. The van der Waals surface area contributed by atoms with E-state index in [1.54, 1.807) is 0 Å². The third kappa shape index (κ3) is 28.0. The standard InChI is InChI=1S/C23H48O7S/c24-11-12-26-13-14-27-15-16-28-17-18-29-19-20-30-22-23(25)10-8-6-4-2-1-3-5-7-9-21-31/h23-25,31H,1-22H2. The van der Waals surface area contributed by atoms with Crippen molar-refractivity contribution in [2.24, 2.45) is 0 Å². The molecule has 0 rings (SSSR count). The van der Waals surface area contributed by atoms with E-state index in [4.69, 9.17) is 28.8 Å². The molecule has 7 nitrogen and oxygen atoms in total. The topological polar surface area (TPSA) is 86.6 Å². The Morgan fingerprint density at radius 3 is 1.35 bits per heavy atom. The summed E-state index contributed by atoms with van der Waals surface area (Å²) in [5, 5.41) is 18.5. The lowest BCUT2D eigenvalue weighted by atomic mass is 10.1. The van der Waals surface area contributed by atoms with E-state index in [1.807, 2.05) is 0 Å². The molecular formula is C23H48O7S. The first-order chi connectivity index (χ1) is 15.3. The van der Waals surface area contributed by atoms with Gasteiger partial charge in [-0.25, -0.2) is 0 Å². The van der Waals surface area contributed by atoms with Gasteiger partial charge in [0.15, 0.2) is 0 Å². The number of aliphatic hydroxyl groups is 2. The van der Waals surface area contributed by atoms with Crippen LogP contribution in [-0.2, 0) is 23.7 Å². The minimum Gasteiger partial charge on any atom is -0.394 e. The van der Waals surface area contributed by atoms with Gasteiger partial charge in [0.05, 0.1) is 78.8 Å². The molecule has 0 aromatic heterocycles. The van der Waals surface area contributed by atoms with E-state index in [1.165, 1.54) is 51.4 Å². The molecule has 0 saturated heterocycles. The number of rotatable bonds is 27. The average Bonchev–Trinajstić information content (AvgIpc) is 2.77. The van der Waals surface area contributed by atoms with Gasteiger partial charge in [0, 0.05) is 0 Å². The monoisotopic (exact) mass is 468 g/mol. The molecule has 0 fully saturated rings. The Bertz CT molecular complexity index is 324. The fourth-order valence-corrected chi connectivity index (χ4v) is 3.20. The van der Waals surface area contributed by atoms with Crippen LogP contribution in [0.1, 0.15) is 64.2 Å². The second-order valence-electron chi connectivity index (χ2n) is 7.60. The summed E-state index contributed by atoms with van der Waals surface area (Å²) in [5.74, 6) is 1.01. The van der Waals surface area contributed by atoms with Crippen molar-refractivity contribution in [1.29, 1.82) is 0 Å². The molecule has 0 aliphatic rings. The zero-order chi connectivity index (χ0) is 22.7. The van der Waals surface area contributed by atoms with Gasteiger partial charge in [0.1, 0.15) is 0 Å². The Hall–Kier alpha value is 0.0700. The van der Waals surface area contributed by atoms with Gasteiger partial charge in [-0.2, -0.15) is 12.6 Å². The molecule has 0 spiro atoms. The molecule has 0 aromatic carbocycles. The van der Waals surface area contributed by atoms with E-state index in [2.05, 4.69) is 12.6 Å². The van der Waals surface area contributed by atoms with Crippen molar-refractivity contribution in [1.82, 2.24) is 0 Å². The number of hydrogen-bond donors (Lipinski definition) is 3. The van der Waals surface area contributed by atoms with Crippen molar-refractivity contribution < 1.29 is 33.9 Å². The van der Waals surface area contributed by atoms with E-state index < -0.39 is 0 Å². The van der Waals surface area contributed by atoms with E-state index >= 15 is 0 Å². The first kappa shape index (κ1) is 31.1. The molecule has 0 aromatic rings. The summed E-state index contributed by atoms with van der Waals surface area (Å²) in [6, 6.07) is 0. The van der Waals surface area contributed by atoms with Gasteiger partial charge < -0.3 is 33.9 Å². The van der Waals surface area contributed by atoms with Crippen LogP contribution in [0.5, 0.6) is 0 Å². The highest BCUT2D eigenvalue weighted by molar-refractivity contribution is 7.80. The summed E-state index contributed by atoms with van der Waals surface area (Å²) in [6.07, 6.45) is 11.8. The summed E-state index contributed by atoms with van der Waals surface area (Å²) in [4.78, 5) is 0. The molecule has 0 aliphatic carbocycles. The van der Waals surface area contributed by atoms with Crippen LogP contribution in [0, 0.1) is 0 Å². The summed E-state index contributed by atoms with van der Waals surface area (Å²) in [6.45, 7) is 4.79. The minimum absolute atomic E-state index is 0.0344. The number of aliphatic hydroxyl groups excluding tert-OH is 2. The highest BCUT2D eigenvalue weighted by Crippen LogP contribution is 2.11. The van der Waals surface area contributed by atoms with Crippen LogP contribution in [0.3, 0.4) is 0 Å². The third-order valence-electron chi connectivity index (χ3n) is 4.73. The maximum Gasteiger partial charge on any atom is 0.0773 e. The number of ether oxygens (including phenoxy) is 5. The van der Waals surface area contributed by atoms with Crippen molar-refractivity contribution in [3.63, 3.8) is 0 Å². The second-order valence-corrected chi connectivity index (χ2v) is 8.04. The lowest BCUT2D eigenvalue weighted by Crippen LogP contribution is -2.18. The van der Waals surface area contributed by atoms with Crippen molar-refractivity contribution in [2.75, 3.05) is 78.4 Å². The predicted molar refractivity (Wildman–Crippen MR) is 127 cm³/mol. The fourth-order valence-electron chi connectivity index (χ4n) is 2.98. The van der Waals surface area contributed by atoms with Gasteiger partial charge in [0.2, 0.25) is 0 Å². The fraction of sp³-hybridized carbons (Fsp3) is 1.00. The molecule has 8 heteroatoms. The van der Waals surface area contributed by atoms with Gasteiger partial charge in [-0.1, -0.05) is 51.4 Å². The Morgan fingerprint density at radius 1 is 0.516 bits per heavy atom. The lowest BCUT2D eigenvalue weighted by Gasteiger charge is -2.11. The maximum atomic E-state index is 9.95. The SMILES string of the molecule is OCCOCCOCCOCCOCCOCC(O)CCCCCCCCCCCS. The summed E-state index contributed by atoms with van der Waals surface area (Å²) < 4.78 is 26.7. The number of thiol groups is 1. The zero-order valence-electron chi connectivity index (χ0n) is 19.5. The van der Waals surface area contributed by atoms with Crippen LogP contribution in [0.2, 0.25) is 0 Å². The van der Waals surface area contributed by atoms with Crippen LogP contribution >= 0.6 is 12.6 Å². The summed E-state index contributed by atoms with van der Waals surface area (Å²) in [5.41, 5.74) is 0. The summed E-state index contributed by atoms with van der Waals surface area (Å²) >= 11 is 4.23. The van der Waals surface area contributed by atoms with E-state index in [0.29, 0.717) is 66.1 Å². The van der Waals surface area contributed by atoms with Crippen molar-refractivity contribution >= 4 is 12.6 Å². The predicted octanol–water partition coefficient (Wildman–Crippen LogP) is 3.25. The Balaban J connectivity index is 3.12. The van der Waals surface area contributed by atoms with E-state index in [9.17, 15) is 5.11 Å². The largest absolute Gasteiger partial charge is 0.394 e. The molecular weight excluding hydrogens is 420 g/mol. The molecule has 2 N–H and O–H groups in total. The van der Waals surface area contributed by atoms with Crippen LogP contribution < -0.4 is 0 Å². The Labute approximate surface area is 195 Å². The van der Waals surface area contributed by atoms with E-state index in [0.717, 1.165) is 18.6 Å². The molecule has 1 unspecified atom stereocenters. The lowest BCUT2D eigenvalue weighted by molar-refractivity contribution is -0.0229. The van der Waals surface area contributed by atoms with E-state index in [-0.39, 0.29) is 12.7 Å². The van der Waals surface area contributed by atoms with Crippen LogP contribution in [0.15, 0.2) is 0 Å². The minimum atomic E-state index is -0.376. The number of unbranched alkanes of at least 4 members (excludes halogenated alkanes) is 8. The van der Waals surface area contributed by atoms with Gasteiger partial charge in [0.25, 0.3) is 0 Å². The molecule has 0 bridgehead atoms. The molecule has 188 valence electrons. The van der Waals surface area contributed by atoms with Gasteiger partial charge in [-0.3, -0.25) is 0 Å². The first-order valence-corrected chi connectivity index (χ1v) is 12.7. The van der Waals surface area contributed by atoms with Crippen LogP contribution in [-0.4, -0.2) is 94.7 Å². The molecule has 0 heterocycles. The highest BCUT2D eigenvalue weighted by atomic mass is 32.1. The number of hydrogen-bond acceptors (Lipinski definition) is 8. The van der Waals surface area contributed by atoms with Gasteiger partial charge in [-0.05, 0) is 18.6 Å². The van der Waals surface area contributed by atoms with Crippen molar-refractivity contribution in [2.45, 2.75) is 70.3 Å². The second kappa shape index (κ2) is 28.1. The Morgan fingerprint density at radius 2 is 0.903 bits per heavy atom. The molecule has 31 heavy (non-hydrogen) atoms. The molecule has 0 radical (unpaired) electrons. The van der Waals surface area contributed by atoms with Gasteiger partial charge in [-0.15, -0.1) is 0 Å². The quantitative estimate of drug-likeness (QED) is 0.126. The molecule has 0 saturated carbocycles. The van der Waals surface area contributed by atoms with Crippen LogP contribution in [0.25, 0.3) is 0 Å².